The molecule has 134 valence electrons. The molecular weight excluding hydrogens is 390 g/mol. The van der Waals surface area contributed by atoms with Crippen molar-refractivity contribution in [1.29, 1.82) is 0 Å². The molecule has 0 saturated carbocycles. The maximum atomic E-state index is 12.5. The van der Waals surface area contributed by atoms with Gasteiger partial charge in [-0.25, -0.2) is 4.98 Å². The smallest absolute Gasteiger partial charge is 0.417 e. The van der Waals surface area contributed by atoms with E-state index in [4.69, 9.17) is 27.6 Å². The highest BCUT2D eigenvalue weighted by molar-refractivity contribution is 6.36. The average Bonchev–Trinajstić information content (AvgIpc) is 3.03. The van der Waals surface area contributed by atoms with Crippen molar-refractivity contribution in [3.63, 3.8) is 0 Å². The molecule has 0 aliphatic heterocycles. The van der Waals surface area contributed by atoms with Crippen molar-refractivity contribution in [3.05, 3.63) is 70.0 Å². The second kappa shape index (κ2) is 7.39. The predicted octanol–water partition coefficient (Wildman–Crippen LogP) is 6.11. The summed E-state index contributed by atoms with van der Waals surface area (Å²) in [5, 5.41) is 4.84. The monoisotopic (exact) mass is 399 g/mol. The number of hydrazone groups is 1. The van der Waals surface area contributed by atoms with E-state index in [-0.39, 0.29) is 5.82 Å². The summed E-state index contributed by atoms with van der Waals surface area (Å²) in [4.78, 5) is 3.64. The number of hydrogen-bond acceptors (Lipinski definition) is 4. The molecule has 0 unspecified atom stereocenters. The minimum absolute atomic E-state index is 0.168. The third kappa shape index (κ3) is 4.36. The first-order valence-corrected chi connectivity index (χ1v) is 7.96. The molecule has 9 heteroatoms. The molecule has 0 bridgehead atoms. The van der Waals surface area contributed by atoms with E-state index < -0.39 is 11.7 Å². The van der Waals surface area contributed by atoms with Gasteiger partial charge in [0.05, 0.1) is 16.8 Å². The van der Waals surface area contributed by atoms with E-state index in [0.717, 1.165) is 12.3 Å². The summed E-state index contributed by atoms with van der Waals surface area (Å²) in [7, 11) is 0. The van der Waals surface area contributed by atoms with Crippen molar-refractivity contribution in [1.82, 2.24) is 4.98 Å². The summed E-state index contributed by atoms with van der Waals surface area (Å²) < 4.78 is 43.0. The van der Waals surface area contributed by atoms with E-state index in [1.54, 1.807) is 30.3 Å². The van der Waals surface area contributed by atoms with Gasteiger partial charge in [-0.2, -0.15) is 18.3 Å². The Balaban J connectivity index is 1.67. The van der Waals surface area contributed by atoms with Gasteiger partial charge in [-0.05, 0) is 42.5 Å². The van der Waals surface area contributed by atoms with Crippen molar-refractivity contribution >= 4 is 35.2 Å². The summed E-state index contributed by atoms with van der Waals surface area (Å²) >= 11 is 12.0. The van der Waals surface area contributed by atoms with Crippen LogP contribution in [0.2, 0.25) is 10.0 Å². The molecule has 0 atom stereocenters. The van der Waals surface area contributed by atoms with E-state index in [2.05, 4.69) is 15.5 Å². The molecule has 0 radical (unpaired) electrons. The number of nitrogens with zero attached hydrogens (tertiary/aromatic N) is 2. The molecule has 0 fully saturated rings. The van der Waals surface area contributed by atoms with Crippen LogP contribution in [0.4, 0.5) is 19.0 Å². The first-order chi connectivity index (χ1) is 12.3. The van der Waals surface area contributed by atoms with Crippen molar-refractivity contribution in [2.24, 2.45) is 5.10 Å². The lowest BCUT2D eigenvalue weighted by Gasteiger charge is -2.06. The molecule has 0 aliphatic rings. The minimum atomic E-state index is -4.43. The van der Waals surface area contributed by atoms with Crippen LogP contribution < -0.4 is 5.43 Å². The normalized spacial score (nSPS) is 11.9. The van der Waals surface area contributed by atoms with Crippen molar-refractivity contribution in [2.45, 2.75) is 6.18 Å². The number of furan rings is 1. The zero-order valence-electron chi connectivity index (χ0n) is 12.9. The summed E-state index contributed by atoms with van der Waals surface area (Å²) in [6.07, 6.45) is -2.33. The maximum Gasteiger partial charge on any atom is 0.417 e. The van der Waals surface area contributed by atoms with Crippen LogP contribution in [-0.2, 0) is 6.18 Å². The third-order valence-electron chi connectivity index (χ3n) is 3.29. The van der Waals surface area contributed by atoms with Gasteiger partial charge in [-0.3, -0.25) is 5.43 Å². The van der Waals surface area contributed by atoms with Gasteiger partial charge in [0.25, 0.3) is 0 Å². The quantitative estimate of drug-likeness (QED) is 0.425. The molecule has 4 nitrogen and oxygen atoms in total. The zero-order chi connectivity index (χ0) is 18.7. The fourth-order valence-corrected chi connectivity index (χ4v) is 2.55. The third-order valence-corrected chi connectivity index (χ3v) is 3.83. The second-order valence-electron chi connectivity index (χ2n) is 5.13. The number of anilines is 1. The largest absolute Gasteiger partial charge is 0.455 e. The molecule has 1 N–H and O–H groups in total. The summed E-state index contributed by atoms with van der Waals surface area (Å²) in [5.74, 6) is 1.12. The Hall–Kier alpha value is -2.51. The molecule has 0 amide bonds. The van der Waals surface area contributed by atoms with Gasteiger partial charge in [-0.1, -0.05) is 23.2 Å². The van der Waals surface area contributed by atoms with Crippen LogP contribution in [0.5, 0.6) is 0 Å². The molecular formula is C17H10Cl2F3N3O. The first kappa shape index (κ1) is 18.3. The van der Waals surface area contributed by atoms with Gasteiger partial charge in [0, 0.05) is 16.8 Å². The summed E-state index contributed by atoms with van der Waals surface area (Å²) in [6, 6.07) is 10.5. The van der Waals surface area contributed by atoms with Crippen LogP contribution in [0.3, 0.4) is 0 Å². The van der Waals surface area contributed by atoms with Crippen LogP contribution in [0.1, 0.15) is 11.3 Å². The number of halogens is 5. The second-order valence-corrected chi connectivity index (χ2v) is 5.97. The number of benzene rings is 1. The van der Waals surface area contributed by atoms with Gasteiger partial charge in [0.2, 0.25) is 0 Å². The van der Waals surface area contributed by atoms with E-state index in [0.29, 0.717) is 27.1 Å². The van der Waals surface area contributed by atoms with Crippen molar-refractivity contribution < 1.29 is 17.6 Å². The highest BCUT2D eigenvalue weighted by Crippen LogP contribution is 2.31. The minimum Gasteiger partial charge on any atom is -0.455 e. The fraction of sp³-hybridized carbons (Fsp3) is 0.0588. The lowest BCUT2D eigenvalue weighted by Crippen LogP contribution is -2.05. The molecule has 3 rings (SSSR count). The first-order valence-electron chi connectivity index (χ1n) is 7.20. The van der Waals surface area contributed by atoms with Crippen molar-refractivity contribution in [2.75, 3.05) is 5.43 Å². The van der Waals surface area contributed by atoms with Gasteiger partial charge >= 0.3 is 6.18 Å². The number of nitrogens with one attached hydrogen (secondary N) is 1. The number of pyridine rings is 1. The molecule has 1 aromatic carbocycles. The Labute approximate surface area is 156 Å². The van der Waals surface area contributed by atoms with Crippen LogP contribution in [-0.4, -0.2) is 11.2 Å². The van der Waals surface area contributed by atoms with E-state index >= 15 is 0 Å². The van der Waals surface area contributed by atoms with Crippen molar-refractivity contribution in [3.8, 4) is 11.3 Å². The number of aromatic nitrogens is 1. The van der Waals surface area contributed by atoms with Crippen LogP contribution in [0.25, 0.3) is 11.3 Å². The number of alkyl halides is 3. The Kier molecular flexibility index (Phi) is 5.20. The Morgan fingerprint density at radius 2 is 1.88 bits per heavy atom. The van der Waals surface area contributed by atoms with Crippen LogP contribution >= 0.6 is 23.2 Å². The number of rotatable bonds is 4. The topological polar surface area (TPSA) is 50.4 Å². The van der Waals surface area contributed by atoms with E-state index in [1.165, 1.54) is 12.3 Å². The molecule has 0 spiro atoms. The highest BCUT2D eigenvalue weighted by atomic mass is 35.5. The zero-order valence-corrected chi connectivity index (χ0v) is 14.4. The van der Waals surface area contributed by atoms with E-state index in [1.807, 2.05) is 0 Å². The predicted molar refractivity (Wildman–Crippen MR) is 94.6 cm³/mol. The summed E-state index contributed by atoms with van der Waals surface area (Å²) in [6.45, 7) is 0. The molecule has 0 saturated heterocycles. The molecule has 2 heterocycles. The van der Waals surface area contributed by atoms with Crippen LogP contribution in [0.15, 0.2) is 58.2 Å². The Morgan fingerprint density at radius 1 is 1.08 bits per heavy atom. The molecule has 26 heavy (non-hydrogen) atoms. The standard InChI is InChI=1S/C17H10Cl2F3N3O/c18-11-2-4-13(14(19)7-11)15-5-3-12(26-15)9-24-25-16-6-1-10(8-23-16)17(20,21)22/h1-9H,(H,23,25)/b24-9+. The summed E-state index contributed by atoms with van der Waals surface area (Å²) in [5.41, 5.74) is 2.37. The van der Waals surface area contributed by atoms with Gasteiger partial charge < -0.3 is 4.42 Å². The molecule has 0 aliphatic carbocycles. The highest BCUT2D eigenvalue weighted by Gasteiger charge is 2.30. The van der Waals surface area contributed by atoms with Gasteiger partial charge in [0.1, 0.15) is 17.3 Å². The molecule has 2 aromatic heterocycles. The molecule has 3 aromatic rings. The van der Waals surface area contributed by atoms with Crippen LogP contribution in [0, 0.1) is 0 Å². The van der Waals surface area contributed by atoms with Gasteiger partial charge in [-0.15, -0.1) is 0 Å². The van der Waals surface area contributed by atoms with E-state index in [9.17, 15) is 13.2 Å². The lowest BCUT2D eigenvalue weighted by molar-refractivity contribution is -0.137. The number of hydrogen-bond donors (Lipinski definition) is 1. The lowest BCUT2D eigenvalue weighted by atomic mass is 10.2. The fourth-order valence-electron chi connectivity index (χ4n) is 2.05. The Bertz CT molecular complexity index is 937. The average molecular weight is 400 g/mol. The Morgan fingerprint density at radius 3 is 2.54 bits per heavy atom. The maximum absolute atomic E-state index is 12.5. The van der Waals surface area contributed by atoms with Gasteiger partial charge in [0.15, 0.2) is 0 Å². The SMILES string of the molecule is FC(F)(F)c1ccc(N/N=C/c2ccc(-c3ccc(Cl)cc3Cl)o2)nc1.